The molecule has 0 saturated heterocycles. The van der Waals surface area contributed by atoms with Crippen molar-refractivity contribution in [1.29, 1.82) is 5.26 Å². The van der Waals surface area contributed by atoms with Crippen LogP contribution in [0.3, 0.4) is 0 Å². The SMILES string of the molecule is CC(C)(C#N)CCCN=[N+]=[N-]. The zero-order chi connectivity index (χ0) is 8.74. The smallest absolute Gasteiger partial charge is 0.0683 e. The van der Waals surface area contributed by atoms with Crippen LogP contribution in [0.4, 0.5) is 0 Å². The molecular formula is C7H12N4. The van der Waals surface area contributed by atoms with Crippen molar-refractivity contribution < 1.29 is 0 Å². The van der Waals surface area contributed by atoms with Gasteiger partial charge >= 0.3 is 0 Å². The largest absolute Gasteiger partial charge is 0.198 e. The van der Waals surface area contributed by atoms with Crippen LogP contribution in [0.15, 0.2) is 5.11 Å². The number of hydrogen-bond acceptors (Lipinski definition) is 2. The third-order valence-electron chi connectivity index (χ3n) is 1.43. The molecule has 0 spiro atoms. The van der Waals surface area contributed by atoms with Crippen molar-refractivity contribution in [3.63, 3.8) is 0 Å². The molecule has 0 aliphatic rings. The fourth-order valence-electron chi connectivity index (χ4n) is 0.692. The lowest BCUT2D eigenvalue weighted by molar-refractivity contribution is 0.438. The van der Waals surface area contributed by atoms with Crippen LogP contribution in [0, 0.1) is 16.7 Å². The average Bonchev–Trinajstić information content (AvgIpc) is 1.99. The Balaban J connectivity index is 3.55. The first-order valence-electron chi connectivity index (χ1n) is 3.54. The Labute approximate surface area is 66.5 Å². The van der Waals surface area contributed by atoms with Gasteiger partial charge in [-0.3, -0.25) is 0 Å². The molecule has 0 heterocycles. The minimum atomic E-state index is -0.287. The topological polar surface area (TPSA) is 72.5 Å². The second kappa shape index (κ2) is 4.59. The predicted octanol–water partition coefficient (Wildman–Crippen LogP) is 2.63. The molecule has 0 unspecified atom stereocenters. The van der Waals surface area contributed by atoms with Gasteiger partial charge in [0.1, 0.15) is 0 Å². The van der Waals surface area contributed by atoms with E-state index in [4.69, 9.17) is 10.8 Å². The van der Waals surface area contributed by atoms with Crippen LogP contribution in [0.1, 0.15) is 26.7 Å². The lowest BCUT2D eigenvalue weighted by atomic mass is 9.90. The molecule has 0 bridgehead atoms. The van der Waals surface area contributed by atoms with E-state index < -0.39 is 0 Å². The summed E-state index contributed by atoms with van der Waals surface area (Å²) in [5.41, 5.74) is 7.66. The lowest BCUT2D eigenvalue weighted by Crippen LogP contribution is -2.07. The first-order valence-corrected chi connectivity index (χ1v) is 3.54. The summed E-state index contributed by atoms with van der Waals surface area (Å²) in [5.74, 6) is 0. The van der Waals surface area contributed by atoms with Crippen LogP contribution in [0.2, 0.25) is 0 Å². The quantitative estimate of drug-likeness (QED) is 0.264. The van der Waals surface area contributed by atoms with Gasteiger partial charge in [0.05, 0.1) is 11.5 Å². The van der Waals surface area contributed by atoms with Gasteiger partial charge in [0.15, 0.2) is 0 Å². The molecule has 0 amide bonds. The van der Waals surface area contributed by atoms with Gasteiger partial charge in [-0.2, -0.15) is 5.26 Å². The average molecular weight is 152 g/mol. The molecular weight excluding hydrogens is 140 g/mol. The molecule has 0 rings (SSSR count). The van der Waals surface area contributed by atoms with Crippen molar-refractivity contribution in [2.45, 2.75) is 26.7 Å². The fourth-order valence-corrected chi connectivity index (χ4v) is 0.692. The Bertz CT molecular complexity index is 195. The first kappa shape index (κ1) is 9.80. The van der Waals surface area contributed by atoms with Crippen molar-refractivity contribution in [3.05, 3.63) is 10.4 Å². The summed E-state index contributed by atoms with van der Waals surface area (Å²) in [5, 5.41) is 12.0. The number of hydrogen-bond donors (Lipinski definition) is 0. The summed E-state index contributed by atoms with van der Waals surface area (Å²) in [6.45, 7) is 4.24. The van der Waals surface area contributed by atoms with E-state index in [2.05, 4.69) is 16.1 Å². The molecule has 0 aromatic heterocycles. The van der Waals surface area contributed by atoms with Crippen molar-refractivity contribution in [2.24, 2.45) is 10.5 Å². The molecule has 0 atom stereocenters. The molecule has 4 nitrogen and oxygen atoms in total. The molecule has 0 fully saturated rings. The van der Waals surface area contributed by atoms with Crippen molar-refractivity contribution >= 4 is 0 Å². The van der Waals surface area contributed by atoms with Gasteiger partial charge < -0.3 is 0 Å². The Morgan fingerprint density at radius 1 is 1.64 bits per heavy atom. The number of nitriles is 1. The van der Waals surface area contributed by atoms with Crippen LogP contribution in [-0.2, 0) is 0 Å². The molecule has 0 aliphatic heterocycles. The maximum absolute atomic E-state index is 8.60. The second-order valence-electron chi connectivity index (χ2n) is 3.05. The first-order chi connectivity index (χ1) is 5.12. The Morgan fingerprint density at radius 3 is 2.73 bits per heavy atom. The maximum Gasteiger partial charge on any atom is 0.0683 e. The van der Waals surface area contributed by atoms with Gasteiger partial charge in [0.25, 0.3) is 0 Å². The highest BCUT2D eigenvalue weighted by Crippen LogP contribution is 2.20. The van der Waals surface area contributed by atoms with E-state index >= 15 is 0 Å². The van der Waals surface area contributed by atoms with E-state index in [0.717, 1.165) is 12.8 Å². The highest BCUT2D eigenvalue weighted by Gasteiger charge is 2.14. The summed E-state index contributed by atoms with van der Waals surface area (Å²) < 4.78 is 0. The molecule has 0 aromatic carbocycles. The molecule has 0 aromatic rings. The summed E-state index contributed by atoms with van der Waals surface area (Å²) in [6.07, 6.45) is 1.56. The Morgan fingerprint density at radius 2 is 2.27 bits per heavy atom. The highest BCUT2D eigenvalue weighted by molar-refractivity contribution is 4.91. The molecule has 0 N–H and O–H groups in total. The van der Waals surface area contributed by atoms with Crippen LogP contribution < -0.4 is 0 Å². The zero-order valence-corrected chi connectivity index (χ0v) is 6.91. The summed E-state index contributed by atoms with van der Waals surface area (Å²) in [4.78, 5) is 2.62. The van der Waals surface area contributed by atoms with E-state index in [0.29, 0.717) is 6.54 Å². The van der Waals surface area contributed by atoms with Gasteiger partial charge in [0, 0.05) is 11.5 Å². The predicted molar refractivity (Wildman–Crippen MR) is 42.6 cm³/mol. The van der Waals surface area contributed by atoms with Gasteiger partial charge in [-0.05, 0) is 32.2 Å². The van der Waals surface area contributed by atoms with Crippen LogP contribution >= 0.6 is 0 Å². The Kier molecular flexibility index (Phi) is 4.09. The second-order valence-corrected chi connectivity index (χ2v) is 3.05. The summed E-state index contributed by atoms with van der Waals surface area (Å²) >= 11 is 0. The van der Waals surface area contributed by atoms with E-state index in [1.165, 1.54) is 0 Å². The molecule has 0 saturated carbocycles. The fraction of sp³-hybridized carbons (Fsp3) is 0.857. The van der Waals surface area contributed by atoms with Gasteiger partial charge in [-0.25, -0.2) is 0 Å². The Hall–Kier alpha value is -1.20. The maximum atomic E-state index is 8.60. The normalized spacial score (nSPS) is 9.91. The van der Waals surface area contributed by atoms with Crippen molar-refractivity contribution in [3.8, 4) is 6.07 Å². The third-order valence-corrected chi connectivity index (χ3v) is 1.43. The van der Waals surface area contributed by atoms with E-state index in [-0.39, 0.29) is 5.41 Å². The van der Waals surface area contributed by atoms with Crippen molar-refractivity contribution in [2.75, 3.05) is 6.54 Å². The number of nitrogens with zero attached hydrogens (tertiary/aromatic N) is 4. The van der Waals surface area contributed by atoms with Gasteiger partial charge in [-0.1, -0.05) is 5.11 Å². The van der Waals surface area contributed by atoms with E-state index in [1.807, 2.05) is 13.8 Å². The van der Waals surface area contributed by atoms with E-state index in [9.17, 15) is 0 Å². The lowest BCUT2D eigenvalue weighted by Gasteiger charge is -2.12. The summed E-state index contributed by atoms with van der Waals surface area (Å²) in [6, 6.07) is 2.18. The van der Waals surface area contributed by atoms with Crippen LogP contribution in [0.5, 0.6) is 0 Å². The molecule has 11 heavy (non-hydrogen) atoms. The number of azide groups is 1. The monoisotopic (exact) mass is 152 g/mol. The third kappa shape index (κ3) is 5.25. The van der Waals surface area contributed by atoms with Crippen LogP contribution in [-0.4, -0.2) is 6.54 Å². The van der Waals surface area contributed by atoms with Crippen LogP contribution in [0.25, 0.3) is 10.4 Å². The minimum absolute atomic E-state index is 0.287. The number of rotatable bonds is 4. The minimum Gasteiger partial charge on any atom is -0.198 e. The molecule has 4 heteroatoms. The summed E-state index contributed by atoms with van der Waals surface area (Å²) in [7, 11) is 0. The standard InChI is InChI=1S/C7H12N4/c1-7(2,6-8)4-3-5-10-11-9/h3-5H2,1-2H3. The molecule has 60 valence electrons. The van der Waals surface area contributed by atoms with E-state index in [1.54, 1.807) is 0 Å². The van der Waals surface area contributed by atoms with Crippen molar-refractivity contribution in [1.82, 2.24) is 0 Å². The molecule has 0 radical (unpaired) electrons. The highest BCUT2D eigenvalue weighted by atomic mass is 15.1. The zero-order valence-electron chi connectivity index (χ0n) is 6.91. The van der Waals surface area contributed by atoms with Gasteiger partial charge in [0.2, 0.25) is 0 Å². The van der Waals surface area contributed by atoms with Gasteiger partial charge in [-0.15, -0.1) is 0 Å². The molecule has 0 aliphatic carbocycles.